The van der Waals surface area contributed by atoms with E-state index in [4.69, 9.17) is 4.99 Å². The quantitative estimate of drug-likeness (QED) is 0.629. The van der Waals surface area contributed by atoms with Crippen molar-refractivity contribution in [1.82, 2.24) is 0 Å². The van der Waals surface area contributed by atoms with Gasteiger partial charge in [-0.05, 0) is 62.6 Å². The van der Waals surface area contributed by atoms with E-state index < -0.39 is 5.41 Å². The maximum Gasteiger partial charge on any atom is 0.184 e. The molecule has 4 aliphatic rings. The van der Waals surface area contributed by atoms with Crippen molar-refractivity contribution in [2.75, 3.05) is 0 Å². The normalized spacial score (nSPS) is 27.3. The number of Topliss-reactive ketones (excluding diaryl/α,β-unsaturated/α-hetero) is 2. The highest BCUT2D eigenvalue weighted by Gasteiger charge is 2.55. The molecule has 1 atom stereocenters. The zero-order valence-corrected chi connectivity index (χ0v) is 15.5. The molecule has 1 spiro atoms. The van der Waals surface area contributed by atoms with E-state index in [9.17, 15) is 14.4 Å². The zero-order chi connectivity index (χ0) is 18.8. The van der Waals surface area contributed by atoms with Crippen molar-refractivity contribution in [2.24, 2.45) is 16.3 Å². The number of nitrogens with zero attached hydrogens (tertiary/aromatic N) is 1. The van der Waals surface area contributed by atoms with Gasteiger partial charge in [-0.2, -0.15) is 0 Å². The molecule has 0 aromatic carbocycles. The van der Waals surface area contributed by atoms with Gasteiger partial charge in [0.1, 0.15) is 5.78 Å². The third-order valence-corrected chi connectivity index (χ3v) is 6.48. The molecule has 3 aliphatic carbocycles. The van der Waals surface area contributed by atoms with Crippen molar-refractivity contribution in [3.8, 4) is 0 Å². The highest BCUT2D eigenvalue weighted by Crippen LogP contribution is 2.60. The second kappa shape index (κ2) is 5.44. The topological polar surface area (TPSA) is 63.6 Å². The van der Waals surface area contributed by atoms with Crippen LogP contribution in [0.2, 0.25) is 0 Å². The summed E-state index contributed by atoms with van der Waals surface area (Å²) in [4.78, 5) is 42.0. The highest BCUT2D eigenvalue weighted by molar-refractivity contribution is 6.22. The van der Waals surface area contributed by atoms with Crippen LogP contribution in [0.5, 0.6) is 0 Å². The fourth-order valence-corrected chi connectivity index (χ4v) is 4.95. The van der Waals surface area contributed by atoms with Gasteiger partial charge in [-0.15, -0.1) is 0 Å². The SMILES string of the molecule is CC1=C(C)C2(C3=CC(=O)C=CC3=NC3=CCC(=O)CC32)C(C)=C(C)C1=O. The third-order valence-electron chi connectivity index (χ3n) is 6.48. The van der Waals surface area contributed by atoms with Crippen molar-refractivity contribution in [2.45, 2.75) is 40.5 Å². The van der Waals surface area contributed by atoms with Gasteiger partial charge in [-0.1, -0.05) is 17.2 Å². The first-order valence-electron chi connectivity index (χ1n) is 8.94. The van der Waals surface area contributed by atoms with Gasteiger partial charge in [0.25, 0.3) is 0 Å². The van der Waals surface area contributed by atoms with Gasteiger partial charge < -0.3 is 0 Å². The van der Waals surface area contributed by atoms with E-state index in [0.29, 0.717) is 24.0 Å². The highest BCUT2D eigenvalue weighted by atomic mass is 16.1. The van der Waals surface area contributed by atoms with Crippen molar-refractivity contribution in [1.29, 1.82) is 0 Å². The molecular weight excluding hydrogens is 326 g/mol. The molecule has 132 valence electrons. The smallest absolute Gasteiger partial charge is 0.184 e. The van der Waals surface area contributed by atoms with Crippen LogP contribution in [-0.2, 0) is 14.4 Å². The van der Waals surface area contributed by atoms with Crippen LogP contribution in [0.25, 0.3) is 0 Å². The monoisotopic (exact) mass is 347 g/mol. The van der Waals surface area contributed by atoms with Gasteiger partial charge >= 0.3 is 0 Å². The predicted octanol–water partition coefficient (Wildman–Crippen LogP) is 3.61. The van der Waals surface area contributed by atoms with Crippen molar-refractivity contribution in [3.05, 3.63) is 57.9 Å². The van der Waals surface area contributed by atoms with Gasteiger partial charge in [0, 0.05) is 29.9 Å². The zero-order valence-electron chi connectivity index (χ0n) is 15.5. The Kier molecular flexibility index (Phi) is 3.52. The van der Waals surface area contributed by atoms with E-state index in [1.807, 2.05) is 33.8 Å². The number of aliphatic imine (C=N–C) groups is 1. The second-order valence-electron chi connectivity index (χ2n) is 7.56. The van der Waals surface area contributed by atoms with E-state index in [0.717, 1.165) is 28.1 Å². The summed E-state index contributed by atoms with van der Waals surface area (Å²) in [7, 11) is 0. The van der Waals surface area contributed by atoms with Crippen LogP contribution < -0.4 is 0 Å². The molecule has 0 aromatic rings. The lowest BCUT2D eigenvalue weighted by Gasteiger charge is -2.51. The summed E-state index contributed by atoms with van der Waals surface area (Å²) in [6, 6.07) is 0. The number of rotatable bonds is 0. The van der Waals surface area contributed by atoms with Gasteiger partial charge in [-0.3, -0.25) is 19.4 Å². The summed E-state index contributed by atoms with van der Waals surface area (Å²) in [5.74, 6) is -0.0414. The first kappa shape index (κ1) is 16.8. The van der Waals surface area contributed by atoms with Crippen LogP contribution in [-0.4, -0.2) is 23.1 Å². The standard InChI is InChI=1S/C22H21NO3/c1-11-13(3)22(14(4)12(2)21(11)26)17-9-15(24)5-7-19(17)23-20-8-6-16(25)10-18(20)22/h5,7-9,18H,6,10H2,1-4H3. The van der Waals surface area contributed by atoms with E-state index in [2.05, 4.69) is 0 Å². The first-order chi connectivity index (χ1) is 12.3. The van der Waals surface area contributed by atoms with Crippen LogP contribution in [0.1, 0.15) is 40.5 Å². The Hall–Kier alpha value is -2.62. The summed E-state index contributed by atoms with van der Waals surface area (Å²) in [5, 5.41) is 0. The minimum atomic E-state index is -0.651. The van der Waals surface area contributed by atoms with Gasteiger partial charge in [-0.25, -0.2) is 0 Å². The summed E-state index contributed by atoms with van der Waals surface area (Å²) >= 11 is 0. The summed E-state index contributed by atoms with van der Waals surface area (Å²) < 4.78 is 0. The molecule has 0 fully saturated rings. The lowest BCUT2D eigenvalue weighted by atomic mass is 9.52. The number of hydrogen-bond acceptors (Lipinski definition) is 4. The van der Waals surface area contributed by atoms with E-state index in [-0.39, 0.29) is 23.3 Å². The average molecular weight is 347 g/mol. The molecule has 4 nitrogen and oxygen atoms in total. The van der Waals surface area contributed by atoms with Gasteiger partial charge in [0.15, 0.2) is 11.6 Å². The van der Waals surface area contributed by atoms with E-state index in [1.54, 1.807) is 12.2 Å². The molecule has 0 saturated carbocycles. The molecule has 0 saturated heterocycles. The average Bonchev–Trinajstić information content (AvgIpc) is 2.63. The molecule has 0 amide bonds. The number of carbonyl (C=O) groups is 3. The van der Waals surface area contributed by atoms with E-state index >= 15 is 0 Å². The first-order valence-corrected chi connectivity index (χ1v) is 8.94. The largest absolute Gasteiger partial charge is 0.299 e. The molecule has 1 heterocycles. The van der Waals surface area contributed by atoms with Crippen molar-refractivity contribution >= 4 is 23.1 Å². The van der Waals surface area contributed by atoms with Crippen LogP contribution in [0.15, 0.2) is 62.9 Å². The Morgan fingerprint density at radius 1 is 1.00 bits per heavy atom. The molecule has 0 radical (unpaired) electrons. The summed E-state index contributed by atoms with van der Waals surface area (Å²) in [6.45, 7) is 7.62. The number of fused-ring (bicyclic) bond motifs is 4. The van der Waals surface area contributed by atoms with Gasteiger partial charge in [0.2, 0.25) is 0 Å². The number of carbonyl (C=O) groups excluding carboxylic acids is 3. The number of hydrogen-bond donors (Lipinski definition) is 0. The Morgan fingerprint density at radius 2 is 1.65 bits per heavy atom. The fourth-order valence-electron chi connectivity index (χ4n) is 4.95. The Balaban J connectivity index is 2.13. The lowest BCUT2D eigenvalue weighted by molar-refractivity contribution is -0.119. The van der Waals surface area contributed by atoms with Gasteiger partial charge in [0.05, 0.1) is 5.71 Å². The molecule has 1 aliphatic heterocycles. The maximum atomic E-state index is 12.7. The van der Waals surface area contributed by atoms with Crippen LogP contribution in [0.3, 0.4) is 0 Å². The van der Waals surface area contributed by atoms with Crippen LogP contribution >= 0.6 is 0 Å². The second-order valence-corrected chi connectivity index (χ2v) is 7.56. The van der Waals surface area contributed by atoms with Crippen LogP contribution in [0.4, 0.5) is 0 Å². The predicted molar refractivity (Wildman–Crippen MR) is 99.7 cm³/mol. The summed E-state index contributed by atoms with van der Waals surface area (Å²) in [6.07, 6.45) is 7.60. The number of allylic oxidation sites excluding steroid dienone is 10. The Labute approximate surface area is 152 Å². The van der Waals surface area contributed by atoms with Crippen LogP contribution in [0, 0.1) is 11.3 Å². The molecule has 0 N–H and O–H groups in total. The molecule has 4 heteroatoms. The van der Waals surface area contributed by atoms with Crippen molar-refractivity contribution in [3.63, 3.8) is 0 Å². The Bertz CT molecular complexity index is 951. The molecule has 0 aromatic heterocycles. The summed E-state index contributed by atoms with van der Waals surface area (Å²) in [5.41, 5.74) is 5.09. The minimum absolute atomic E-state index is 0.0423. The molecule has 1 unspecified atom stereocenters. The fraction of sp³-hybridized carbons (Fsp3) is 0.364. The molecule has 26 heavy (non-hydrogen) atoms. The third kappa shape index (κ3) is 1.96. The van der Waals surface area contributed by atoms with Crippen molar-refractivity contribution < 1.29 is 14.4 Å². The molecular formula is C22H21NO3. The molecule has 4 rings (SSSR count). The lowest BCUT2D eigenvalue weighted by Crippen LogP contribution is -2.47. The Morgan fingerprint density at radius 3 is 2.31 bits per heavy atom. The maximum absolute atomic E-state index is 12.7. The molecule has 0 bridgehead atoms. The van der Waals surface area contributed by atoms with E-state index in [1.165, 1.54) is 6.08 Å². The number of ketones is 3. The minimum Gasteiger partial charge on any atom is -0.299 e.